The number of nitrogens with zero attached hydrogens (tertiary/aromatic N) is 3. The predicted molar refractivity (Wildman–Crippen MR) is 116 cm³/mol. The van der Waals surface area contributed by atoms with E-state index in [1.54, 1.807) is 29.7 Å². The van der Waals surface area contributed by atoms with Crippen LogP contribution in [0.15, 0.2) is 35.6 Å². The van der Waals surface area contributed by atoms with E-state index in [1.807, 2.05) is 18.4 Å². The molecule has 0 spiro atoms. The highest BCUT2D eigenvalue weighted by Gasteiger charge is 2.30. The molecule has 6 nitrogen and oxygen atoms in total. The van der Waals surface area contributed by atoms with Crippen molar-refractivity contribution in [2.24, 2.45) is 0 Å². The van der Waals surface area contributed by atoms with E-state index in [2.05, 4.69) is 14.7 Å². The number of anilines is 1. The molecule has 0 amide bonds. The number of thioether (sulfide) groups is 1. The highest BCUT2D eigenvalue weighted by molar-refractivity contribution is 7.98. The first kappa shape index (κ1) is 19.6. The summed E-state index contributed by atoms with van der Waals surface area (Å²) in [6, 6.07) is 7.11. The van der Waals surface area contributed by atoms with Crippen LogP contribution in [-0.2, 0) is 10.0 Å². The Morgan fingerprint density at radius 1 is 1.25 bits per heavy atom. The summed E-state index contributed by atoms with van der Waals surface area (Å²) >= 11 is 9.67. The Balaban J connectivity index is 1.87. The van der Waals surface area contributed by atoms with Crippen LogP contribution < -0.4 is 4.72 Å². The molecule has 2 heterocycles. The van der Waals surface area contributed by atoms with Crippen molar-refractivity contribution in [1.82, 2.24) is 15.0 Å². The summed E-state index contributed by atoms with van der Waals surface area (Å²) in [5.74, 6) is 0.482. The molecule has 1 saturated carbocycles. The second-order valence-electron chi connectivity index (χ2n) is 6.47. The summed E-state index contributed by atoms with van der Waals surface area (Å²) in [5.41, 5.74) is 2.52. The molecule has 4 rings (SSSR count). The lowest BCUT2D eigenvalue weighted by atomic mass is 10.1. The van der Waals surface area contributed by atoms with E-state index in [0.29, 0.717) is 27.3 Å². The van der Waals surface area contributed by atoms with Gasteiger partial charge in [0.25, 0.3) is 0 Å². The molecular weight excluding hydrogens is 436 g/mol. The number of halogens is 1. The van der Waals surface area contributed by atoms with E-state index < -0.39 is 10.0 Å². The van der Waals surface area contributed by atoms with Crippen molar-refractivity contribution in [1.29, 1.82) is 0 Å². The van der Waals surface area contributed by atoms with Crippen LogP contribution in [0.4, 0.5) is 5.69 Å². The molecule has 0 bridgehead atoms. The van der Waals surface area contributed by atoms with Gasteiger partial charge < -0.3 is 0 Å². The molecule has 0 atom stereocenters. The van der Waals surface area contributed by atoms with Gasteiger partial charge in [-0.15, -0.1) is 11.3 Å². The zero-order valence-corrected chi connectivity index (χ0v) is 18.3. The van der Waals surface area contributed by atoms with Gasteiger partial charge in [0, 0.05) is 17.7 Å². The summed E-state index contributed by atoms with van der Waals surface area (Å²) < 4.78 is 25.8. The first-order chi connectivity index (χ1) is 13.4. The number of sulfonamides is 1. The topological polar surface area (TPSA) is 84.8 Å². The first-order valence-electron chi connectivity index (χ1n) is 8.50. The molecule has 1 aliphatic carbocycles. The van der Waals surface area contributed by atoms with Crippen molar-refractivity contribution in [2.75, 3.05) is 17.2 Å². The fourth-order valence-corrected chi connectivity index (χ4v) is 5.22. The average molecular weight is 453 g/mol. The Kier molecular flexibility index (Phi) is 5.34. The second-order valence-corrected chi connectivity index (χ2v) is 10.4. The van der Waals surface area contributed by atoms with E-state index in [-0.39, 0.29) is 0 Å². The molecule has 1 N–H and O–H groups in total. The van der Waals surface area contributed by atoms with Crippen molar-refractivity contribution < 1.29 is 8.42 Å². The third-order valence-corrected chi connectivity index (χ3v) is 6.97. The third-order valence-electron chi connectivity index (χ3n) is 4.17. The number of hydrogen-bond donors (Lipinski definition) is 1. The number of benzene rings is 1. The van der Waals surface area contributed by atoms with Crippen LogP contribution in [0.5, 0.6) is 0 Å². The Labute approximate surface area is 176 Å². The minimum absolute atomic E-state index is 0.320. The van der Waals surface area contributed by atoms with Crippen molar-refractivity contribution in [2.45, 2.75) is 23.9 Å². The van der Waals surface area contributed by atoms with Gasteiger partial charge in [-0.05, 0) is 31.2 Å². The molecule has 0 radical (unpaired) electrons. The van der Waals surface area contributed by atoms with E-state index in [9.17, 15) is 8.42 Å². The molecule has 1 aromatic carbocycles. The van der Waals surface area contributed by atoms with Crippen LogP contribution in [0.2, 0.25) is 5.02 Å². The van der Waals surface area contributed by atoms with Crippen LogP contribution in [0.1, 0.15) is 23.8 Å². The maximum Gasteiger partial charge on any atom is 0.229 e. The van der Waals surface area contributed by atoms with Crippen LogP contribution in [0, 0.1) is 0 Å². The van der Waals surface area contributed by atoms with Gasteiger partial charge in [0.2, 0.25) is 10.0 Å². The Hall–Kier alpha value is -1.68. The molecule has 146 valence electrons. The van der Waals surface area contributed by atoms with Gasteiger partial charge >= 0.3 is 0 Å². The number of aromatic nitrogens is 3. The number of thiazole rings is 1. The molecule has 28 heavy (non-hydrogen) atoms. The summed E-state index contributed by atoms with van der Waals surface area (Å²) in [5, 5.41) is 2.07. The van der Waals surface area contributed by atoms with Gasteiger partial charge in [-0.25, -0.2) is 23.4 Å². The number of hydrogen-bond acceptors (Lipinski definition) is 7. The maximum absolute atomic E-state index is 11.7. The van der Waals surface area contributed by atoms with Gasteiger partial charge in [0.05, 0.1) is 38.2 Å². The van der Waals surface area contributed by atoms with E-state index in [4.69, 9.17) is 16.6 Å². The van der Waals surface area contributed by atoms with E-state index >= 15 is 0 Å². The number of nitrogens with one attached hydrogen (secondary N) is 1. The summed E-state index contributed by atoms with van der Waals surface area (Å²) in [6.07, 6.45) is 7.03. The lowest BCUT2D eigenvalue weighted by Crippen LogP contribution is -2.10. The van der Waals surface area contributed by atoms with Crippen molar-refractivity contribution in [3.63, 3.8) is 0 Å². The zero-order valence-electron chi connectivity index (χ0n) is 15.1. The fraction of sp³-hybridized carbons (Fsp3) is 0.278. The van der Waals surface area contributed by atoms with E-state index in [1.165, 1.54) is 11.8 Å². The van der Waals surface area contributed by atoms with Gasteiger partial charge in [0.15, 0.2) is 5.16 Å². The minimum atomic E-state index is -3.44. The largest absolute Gasteiger partial charge is 0.282 e. The Bertz CT molecular complexity index is 1140. The van der Waals surface area contributed by atoms with E-state index in [0.717, 1.165) is 40.4 Å². The second kappa shape index (κ2) is 7.62. The lowest BCUT2D eigenvalue weighted by molar-refractivity contribution is 0.607. The fourth-order valence-electron chi connectivity index (χ4n) is 2.76. The van der Waals surface area contributed by atoms with Crippen LogP contribution in [0.25, 0.3) is 21.8 Å². The number of rotatable bonds is 6. The zero-order chi connectivity index (χ0) is 19.9. The highest BCUT2D eigenvalue weighted by atomic mass is 35.5. The molecule has 0 saturated heterocycles. The molecule has 10 heteroatoms. The van der Waals surface area contributed by atoms with Crippen LogP contribution in [0.3, 0.4) is 0 Å². The van der Waals surface area contributed by atoms with Crippen molar-refractivity contribution in [3.8, 4) is 21.8 Å². The lowest BCUT2D eigenvalue weighted by Gasteiger charge is -2.10. The van der Waals surface area contributed by atoms with Gasteiger partial charge in [0.1, 0.15) is 0 Å². The van der Waals surface area contributed by atoms with Crippen LogP contribution >= 0.6 is 34.7 Å². The highest BCUT2D eigenvalue weighted by Crippen LogP contribution is 2.48. The summed E-state index contributed by atoms with van der Waals surface area (Å²) in [7, 11) is -3.44. The summed E-state index contributed by atoms with van der Waals surface area (Å²) in [6.45, 7) is 0. The molecule has 3 aromatic rings. The molecule has 0 aliphatic heterocycles. The molecular formula is C18H17ClN4O2S3. The normalized spacial score (nSPS) is 14.2. The average Bonchev–Trinajstić information content (AvgIpc) is 3.41. The minimum Gasteiger partial charge on any atom is -0.282 e. The quantitative estimate of drug-likeness (QED) is 0.423. The predicted octanol–water partition coefficient (Wildman–Crippen LogP) is 4.89. The molecule has 1 aliphatic rings. The molecule has 2 aromatic heterocycles. The Morgan fingerprint density at radius 3 is 2.71 bits per heavy atom. The third kappa shape index (κ3) is 4.17. The first-order valence-corrected chi connectivity index (χ1v) is 12.8. The summed E-state index contributed by atoms with van der Waals surface area (Å²) in [4.78, 5) is 14.6. The van der Waals surface area contributed by atoms with Gasteiger partial charge in [-0.3, -0.25) is 4.72 Å². The van der Waals surface area contributed by atoms with Crippen molar-refractivity contribution >= 4 is 50.4 Å². The van der Waals surface area contributed by atoms with Gasteiger partial charge in [-0.1, -0.05) is 35.5 Å². The molecule has 1 fully saturated rings. The Morgan fingerprint density at radius 2 is 2.04 bits per heavy atom. The SMILES string of the molecule is CSc1nccc(-c2sc(C3CC3)nc2-c2cccc(NS(C)(=O)=O)c2Cl)n1. The maximum atomic E-state index is 11.7. The van der Waals surface area contributed by atoms with Crippen LogP contribution in [-0.4, -0.2) is 35.9 Å². The molecule has 0 unspecified atom stereocenters. The standard InChI is InChI=1S/C18H17ClN4O2S3/c1-26-18-20-9-8-13(21-18)16-15(22-17(27-16)10-6-7-10)11-4-3-5-12(14(11)19)23-28(2,24)25/h3-5,8-10,23H,6-7H2,1-2H3. The van der Waals surface area contributed by atoms with Crippen molar-refractivity contribution in [3.05, 3.63) is 40.5 Å². The van der Waals surface area contributed by atoms with Gasteiger partial charge in [-0.2, -0.15) is 0 Å². The monoisotopic (exact) mass is 452 g/mol. The smallest absolute Gasteiger partial charge is 0.229 e.